The Hall–Kier alpha value is -3.79. The largest absolute Gasteiger partial charge is 0.494 e. The van der Waals surface area contributed by atoms with Gasteiger partial charge in [-0.25, -0.2) is 17.6 Å². The lowest BCUT2D eigenvalue weighted by atomic mass is 9.85. The highest BCUT2D eigenvalue weighted by Gasteiger charge is 2.51. The first-order valence-electron chi connectivity index (χ1n) is 11.9. The molecule has 1 aliphatic rings. The number of amides is 1. The van der Waals surface area contributed by atoms with Crippen molar-refractivity contribution >= 4 is 33.5 Å². The van der Waals surface area contributed by atoms with Crippen LogP contribution >= 0.6 is 0 Å². The molecule has 41 heavy (non-hydrogen) atoms. The number of fused-ring (bicyclic) bond motifs is 1. The van der Waals surface area contributed by atoms with Crippen molar-refractivity contribution in [2.75, 3.05) is 29.9 Å². The summed E-state index contributed by atoms with van der Waals surface area (Å²) in [5.41, 5.74) is -4.86. The summed E-state index contributed by atoms with van der Waals surface area (Å²) in [6.45, 7) is 1.29. The molecule has 1 heterocycles. The van der Waals surface area contributed by atoms with Gasteiger partial charge in [-0.05, 0) is 51.1 Å². The third-order valence-corrected chi connectivity index (χ3v) is 8.20. The first-order valence-corrected chi connectivity index (χ1v) is 13.4. The van der Waals surface area contributed by atoms with Gasteiger partial charge in [-0.2, -0.15) is 13.2 Å². The number of aliphatic hydroxyl groups is 1. The number of ether oxygens (including phenoxy) is 3. The molecule has 0 aromatic heterocycles. The Morgan fingerprint density at radius 1 is 1.15 bits per heavy atom. The zero-order chi connectivity index (χ0) is 31.0. The van der Waals surface area contributed by atoms with Crippen LogP contribution in [0.25, 0.3) is 0 Å². The number of aliphatic hydroxyl groups excluding tert-OH is 1. The summed E-state index contributed by atoms with van der Waals surface area (Å²) in [7, 11) is -3.40. The fraction of sp³-hybridized carbons (Fsp3) is 0.440. The Labute approximate surface area is 232 Å². The smallest absolute Gasteiger partial charge is 0.427 e. The fourth-order valence-corrected chi connectivity index (χ4v) is 5.32. The number of carboxylic acids is 1. The third kappa shape index (κ3) is 6.59. The number of rotatable bonds is 9. The molecule has 2 aromatic rings. The Kier molecular flexibility index (Phi) is 8.70. The monoisotopic (exact) mass is 608 g/mol. The molecular weight excluding hydrogens is 580 g/mol. The molecule has 0 radical (unpaired) electrons. The van der Waals surface area contributed by atoms with E-state index in [1.807, 2.05) is 0 Å². The van der Waals surface area contributed by atoms with Crippen LogP contribution in [0, 0.1) is 11.2 Å². The van der Waals surface area contributed by atoms with E-state index in [1.54, 1.807) is 0 Å². The van der Waals surface area contributed by atoms with Crippen LogP contribution in [0.5, 0.6) is 11.5 Å². The van der Waals surface area contributed by atoms with E-state index in [2.05, 4.69) is 10.1 Å². The number of halogens is 4. The van der Waals surface area contributed by atoms with Crippen LogP contribution in [0.2, 0.25) is 0 Å². The van der Waals surface area contributed by atoms with E-state index in [0.29, 0.717) is 13.8 Å². The summed E-state index contributed by atoms with van der Waals surface area (Å²) < 4.78 is 96.9. The standard InChI is InChI=1S/C25H28F4N2O9S/c1-23(2,25(27,28)29)40-22(35)30-14-5-8-19-18(9-14)31(12-15(39-19)11-24(3,13-32)21(33)34)41(36,37)16-6-7-17(26)20(10-16)38-4/h5-10,15,32H,11-13H2,1-4H3,(H,30,35)(H,33,34)/t15-,24-/m0/s1. The van der Waals surface area contributed by atoms with E-state index >= 15 is 0 Å². The molecule has 0 saturated heterocycles. The predicted molar refractivity (Wildman–Crippen MR) is 136 cm³/mol. The molecule has 2 aromatic carbocycles. The summed E-state index contributed by atoms with van der Waals surface area (Å²) in [4.78, 5) is 23.6. The van der Waals surface area contributed by atoms with Crippen LogP contribution in [-0.4, -0.2) is 68.8 Å². The quantitative estimate of drug-likeness (QED) is 0.357. The van der Waals surface area contributed by atoms with Gasteiger partial charge in [-0.15, -0.1) is 0 Å². The molecule has 1 aliphatic heterocycles. The third-order valence-electron chi connectivity index (χ3n) is 6.42. The van der Waals surface area contributed by atoms with Gasteiger partial charge in [0, 0.05) is 18.2 Å². The molecule has 1 amide bonds. The Bertz CT molecular complexity index is 1430. The lowest BCUT2D eigenvalue weighted by Gasteiger charge is -2.38. The van der Waals surface area contributed by atoms with Crippen LogP contribution in [0.3, 0.4) is 0 Å². The maximum Gasteiger partial charge on any atom is 0.427 e. The number of aliphatic carboxylic acids is 1. The SMILES string of the molecule is COc1cc(S(=O)(=O)N2C[C@H](C[C@@](C)(CO)C(=O)O)Oc3ccc(NC(=O)OC(C)(C)C(F)(F)F)cc32)ccc1F. The van der Waals surface area contributed by atoms with Crippen molar-refractivity contribution in [3.05, 3.63) is 42.2 Å². The normalized spacial score (nSPS) is 17.1. The van der Waals surface area contributed by atoms with Crippen molar-refractivity contribution in [2.24, 2.45) is 5.41 Å². The van der Waals surface area contributed by atoms with E-state index in [4.69, 9.17) is 9.47 Å². The number of anilines is 2. The highest BCUT2D eigenvalue weighted by Crippen LogP contribution is 2.42. The maximum atomic E-state index is 14.0. The van der Waals surface area contributed by atoms with E-state index in [1.165, 1.54) is 19.1 Å². The molecule has 226 valence electrons. The van der Waals surface area contributed by atoms with Crippen LogP contribution in [0.4, 0.5) is 33.7 Å². The van der Waals surface area contributed by atoms with Crippen LogP contribution in [0.1, 0.15) is 27.2 Å². The molecule has 0 fully saturated rings. The number of hydrogen-bond donors (Lipinski definition) is 3. The Morgan fingerprint density at radius 3 is 2.37 bits per heavy atom. The number of carbonyl (C=O) groups is 2. The van der Waals surface area contributed by atoms with E-state index in [0.717, 1.165) is 35.7 Å². The molecule has 2 atom stereocenters. The highest BCUT2D eigenvalue weighted by atomic mass is 32.2. The Morgan fingerprint density at radius 2 is 1.80 bits per heavy atom. The van der Waals surface area contributed by atoms with Gasteiger partial charge in [-0.1, -0.05) is 0 Å². The lowest BCUT2D eigenvalue weighted by molar-refractivity contribution is -0.242. The zero-order valence-electron chi connectivity index (χ0n) is 22.3. The summed E-state index contributed by atoms with van der Waals surface area (Å²) >= 11 is 0. The number of alkyl halides is 3. The predicted octanol–water partition coefficient (Wildman–Crippen LogP) is 4.15. The number of methoxy groups -OCH3 is 1. The average Bonchev–Trinajstić information content (AvgIpc) is 2.87. The van der Waals surface area contributed by atoms with Gasteiger partial charge in [0.25, 0.3) is 10.0 Å². The molecule has 3 rings (SSSR count). The zero-order valence-corrected chi connectivity index (χ0v) is 23.1. The summed E-state index contributed by atoms with van der Waals surface area (Å²) in [6, 6.07) is 6.31. The van der Waals surface area contributed by atoms with E-state index in [-0.39, 0.29) is 29.3 Å². The minimum absolute atomic E-state index is 0.0841. The topological polar surface area (TPSA) is 152 Å². The van der Waals surface area contributed by atoms with Crippen molar-refractivity contribution < 1.29 is 60.0 Å². The second kappa shape index (κ2) is 11.2. The summed E-state index contributed by atoms with van der Waals surface area (Å²) in [6.07, 6.45) is -7.76. The van der Waals surface area contributed by atoms with Crippen molar-refractivity contribution in [1.29, 1.82) is 0 Å². The number of hydrogen-bond acceptors (Lipinski definition) is 8. The number of nitrogens with one attached hydrogen (secondary N) is 1. The highest BCUT2D eigenvalue weighted by molar-refractivity contribution is 7.92. The molecule has 0 aliphatic carbocycles. The molecule has 0 saturated carbocycles. The maximum absolute atomic E-state index is 14.0. The Balaban J connectivity index is 2.05. The molecule has 0 spiro atoms. The number of sulfonamides is 1. The van der Waals surface area contributed by atoms with Gasteiger partial charge < -0.3 is 24.4 Å². The summed E-state index contributed by atoms with van der Waals surface area (Å²) in [5, 5.41) is 21.4. The van der Waals surface area contributed by atoms with Gasteiger partial charge in [0.1, 0.15) is 11.9 Å². The van der Waals surface area contributed by atoms with Gasteiger partial charge in [-0.3, -0.25) is 14.4 Å². The first kappa shape index (κ1) is 31.7. The lowest BCUT2D eigenvalue weighted by Crippen LogP contribution is -2.47. The van der Waals surface area contributed by atoms with Crippen molar-refractivity contribution in [2.45, 2.75) is 50.0 Å². The molecule has 0 bridgehead atoms. The minimum Gasteiger partial charge on any atom is -0.494 e. The second-order valence-corrected chi connectivity index (χ2v) is 11.9. The number of benzene rings is 2. The van der Waals surface area contributed by atoms with Crippen molar-refractivity contribution in [3.63, 3.8) is 0 Å². The molecule has 0 unspecified atom stereocenters. The van der Waals surface area contributed by atoms with Gasteiger partial charge in [0.2, 0.25) is 5.60 Å². The minimum atomic E-state index is -4.87. The number of nitrogens with zero attached hydrogens (tertiary/aromatic N) is 1. The van der Waals surface area contributed by atoms with Crippen LogP contribution in [-0.2, 0) is 19.6 Å². The number of carbonyl (C=O) groups excluding carboxylic acids is 1. The molecule has 11 nitrogen and oxygen atoms in total. The second-order valence-electron chi connectivity index (χ2n) is 10.0. The van der Waals surface area contributed by atoms with Gasteiger partial charge >= 0.3 is 18.2 Å². The van der Waals surface area contributed by atoms with Gasteiger partial charge in [0.05, 0.1) is 36.3 Å². The molecular formula is C25H28F4N2O9S. The van der Waals surface area contributed by atoms with E-state index < -0.39 is 69.2 Å². The number of carboxylic acid groups (broad SMARTS) is 1. The van der Waals surface area contributed by atoms with Crippen molar-refractivity contribution in [1.82, 2.24) is 0 Å². The van der Waals surface area contributed by atoms with Crippen LogP contribution in [0.15, 0.2) is 41.3 Å². The fourth-order valence-electron chi connectivity index (χ4n) is 3.81. The first-order chi connectivity index (χ1) is 18.8. The van der Waals surface area contributed by atoms with Crippen LogP contribution < -0.4 is 19.1 Å². The average molecular weight is 609 g/mol. The molecule has 16 heteroatoms. The van der Waals surface area contributed by atoms with Gasteiger partial charge in [0.15, 0.2) is 11.6 Å². The molecule has 3 N–H and O–H groups in total. The van der Waals surface area contributed by atoms with E-state index in [9.17, 15) is 45.8 Å². The summed E-state index contributed by atoms with van der Waals surface area (Å²) in [5.74, 6) is -2.65. The van der Waals surface area contributed by atoms with Crippen molar-refractivity contribution in [3.8, 4) is 11.5 Å².